The highest BCUT2D eigenvalue weighted by Crippen LogP contribution is 2.26. The third-order valence-corrected chi connectivity index (χ3v) is 6.96. The van der Waals surface area contributed by atoms with Crippen molar-refractivity contribution in [2.75, 3.05) is 22.7 Å². The van der Waals surface area contributed by atoms with Gasteiger partial charge in [-0.05, 0) is 61.7 Å². The highest BCUT2D eigenvalue weighted by molar-refractivity contribution is 7.92. The quantitative estimate of drug-likeness (QED) is 0.472. The standard InChI is InChI=1S/C25H26N4O4S/c1-18-11-13-22(14-12-18)34(32,33)28-21-9-4-7-20(16-21)25(31)27-26-24(30)17-29-15-5-8-19-6-2-3-10-23(19)29/h2-4,6-7,9-14,16,28H,5,8,15,17H2,1H3,(H,26,30)(H,27,31). The molecule has 176 valence electrons. The Morgan fingerprint density at radius 3 is 2.50 bits per heavy atom. The lowest BCUT2D eigenvalue weighted by atomic mass is 10.0. The topological polar surface area (TPSA) is 108 Å². The van der Waals surface area contributed by atoms with Gasteiger partial charge in [0.25, 0.3) is 21.8 Å². The van der Waals surface area contributed by atoms with Crippen LogP contribution in [0.2, 0.25) is 0 Å². The molecule has 0 spiro atoms. The number of hydrazine groups is 1. The lowest BCUT2D eigenvalue weighted by Gasteiger charge is -2.30. The van der Waals surface area contributed by atoms with Gasteiger partial charge in [0.2, 0.25) is 0 Å². The summed E-state index contributed by atoms with van der Waals surface area (Å²) < 4.78 is 27.7. The van der Waals surface area contributed by atoms with Crippen LogP contribution in [0.5, 0.6) is 0 Å². The minimum atomic E-state index is -3.80. The number of hydrogen-bond acceptors (Lipinski definition) is 5. The van der Waals surface area contributed by atoms with Crippen LogP contribution in [-0.2, 0) is 21.2 Å². The highest BCUT2D eigenvalue weighted by Gasteiger charge is 2.19. The monoisotopic (exact) mass is 478 g/mol. The number of nitrogens with one attached hydrogen (secondary N) is 3. The van der Waals surface area contributed by atoms with Crippen molar-refractivity contribution in [1.29, 1.82) is 0 Å². The van der Waals surface area contributed by atoms with Crippen LogP contribution in [0.3, 0.4) is 0 Å². The largest absolute Gasteiger partial charge is 0.362 e. The SMILES string of the molecule is Cc1ccc(S(=O)(=O)Nc2cccc(C(=O)NNC(=O)CN3CCCc4ccccc43)c2)cc1. The number of benzene rings is 3. The second-order valence-corrected chi connectivity index (χ2v) is 9.84. The van der Waals surface area contributed by atoms with E-state index in [1.54, 1.807) is 24.3 Å². The zero-order valence-electron chi connectivity index (χ0n) is 18.7. The van der Waals surface area contributed by atoms with Crippen molar-refractivity contribution in [3.8, 4) is 0 Å². The Kier molecular flexibility index (Phi) is 6.83. The fourth-order valence-corrected chi connectivity index (χ4v) is 4.89. The summed E-state index contributed by atoms with van der Waals surface area (Å²) in [7, 11) is -3.80. The van der Waals surface area contributed by atoms with Crippen molar-refractivity contribution < 1.29 is 18.0 Å². The molecule has 0 radical (unpaired) electrons. The summed E-state index contributed by atoms with van der Waals surface area (Å²) in [5.41, 5.74) is 8.46. The van der Waals surface area contributed by atoms with E-state index in [0.29, 0.717) is 0 Å². The average molecular weight is 479 g/mol. The Morgan fingerprint density at radius 2 is 1.71 bits per heavy atom. The second-order valence-electron chi connectivity index (χ2n) is 8.16. The van der Waals surface area contributed by atoms with E-state index in [0.717, 1.165) is 30.6 Å². The van der Waals surface area contributed by atoms with Crippen molar-refractivity contribution in [3.63, 3.8) is 0 Å². The molecular weight excluding hydrogens is 452 g/mol. The Hall–Kier alpha value is -3.85. The van der Waals surface area contributed by atoms with Crippen molar-refractivity contribution in [2.45, 2.75) is 24.7 Å². The number of sulfonamides is 1. The van der Waals surface area contributed by atoms with Crippen molar-refractivity contribution in [1.82, 2.24) is 10.9 Å². The van der Waals surface area contributed by atoms with Crippen LogP contribution in [0.1, 0.15) is 27.9 Å². The number of carbonyl (C=O) groups excluding carboxylic acids is 2. The maximum atomic E-state index is 12.6. The summed E-state index contributed by atoms with van der Waals surface area (Å²) in [6.07, 6.45) is 1.94. The number of anilines is 2. The van der Waals surface area contributed by atoms with E-state index in [4.69, 9.17) is 0 Å². The molecule has 0 unspecified atom stereocenters. The first-order valence-electron chi connectivity index (χ1n) is 10.9. The number of amides is 2. The van der Waals surface area contributed by atoms with Crippen LogP contribution in [0.15, 0.2) is 77.7 Å². The normalized spacial score (nSPS) is 13.0. The molecule has 0 aromatic heterocycles. The van der Waals surface area contributed by atoms with Gasteiger partial charge in [0.15, 0.2) is 0 Å². The molecule has 0 bridgehead atoms. The maximum Gasteiger partial charge on any atom is 0.269 e. The van der Waals surface area contributed by atoms with Crippen LogP contribution >= 0.6 is 0 Å². The number of hydrogen-bond donors (Lipinski definition) is 3. The zero-order valence-corrected chi connectivity index (χ0v) is 19.6. The van der Waals surface area contributed by atoms with Gasteiger partial charge in [-0.25, -0.2) is 8.42 Å². The number of fused-ring (bicyclic) bond motifs is 1. The van der Waals surface area contributed by atoms with Gasteiger partial charge in [-0.1, -0.05) is 42.0 Å². The van der Waals surface area contributed by atoms with E-state index in [1.807, 2.05) is 30.0 Å². The minimum Gasteiger partial charge on any atom is -0.362 e. The van der Waals surface area contributed by atoms with E-state index in [1.165, 1.54) is 29.8 Å². The van der Waals surface area contributed by atoms with E-state index >= 15 is 0 Å². The first kappa shape index (κ1) is 23.3. The molecule has 3 aromatic rings. The van der Waals surface area contributed by atoms with Crippen molar-refractivity contribution >= 4 is 33.2 Å². The molecule has 1 aliphatic heterocycles. The molecule has 9 heteroatoms. The lowest BCUT2D eigenvalue weighted by Crippen LogP contribution is -2.47. The number of carbonyl (C=O) groups is 2. The molecule has 8 nitrogen and oxygen atoms in total. The second kappa shape index (κ2) is 9.96. The molecule has 4 rings (SSSR count). The Balaban J connectivity index is 1.35. The molecule has 3 aromatic carbocycles. The predicted octanol–water partition coefficient (Wildman–Crippen LogP) is 3.01. The Bertz CT molecular complexity index is 1310. The van der Waals surface area contributed by atoms with Crippen LogP contribution < -0.4 is 20.5 Å². The van der Waals surface area contributed by atoms with Crippen molar-refractivity contribution in [3.05, 3.63) is 89.5 Å². The van der Waals surface area contributed by atoms with E-state index < -0.39 is 15.9 Å². The fraction of sp³-hybridized carbons (Fsp3) is 0.200. The van der Waals surface area contributed by atoms with Gasteiger partial charge in [-0.3, -0.25) is 25.2 Å². The molecule has 3 N–H and O–H groups in total. The summed E-state index contributed by atoms with van der Waals surface area (Å²) >= 11 is 0. The number of rotatable bonds is 6. The van der Waals surface area contributed by atoms with Crippen LogP contribution in [0.25, 0.3) is 0 Å². The van der Waals surface area contributed by atoms with E-state index in [2.05, 4.69) is 21.6 Å². The number of nitrogens with zero attached hydrogens (tertiary/aromatic N) is 1. The summed E-state index contributed by atoms with van der Waals surface area (Å²) in [6, 6.07) is 20.5. The van der Waals surface area contributed by atoms with Gasteiger partial charge < -0.3 is 4.90 Å². The summed E-state index contributed by atoms with van der Waals surface area (Å²) in [5, 5.41) is 0. The first-order chi connectivity index (χ1) is 16.3. The summed E-state index contributed by atoms with van der Waals surface area (Å²) in [6.45, 7) is 2.76. The van der Waals surface area contributed by atoms with Gasteiger partial charge in [0.05, 0.1) is 11.4 Å². The number of aryl methyl sites for hydroxylation is 2. The summed E-state index contributed by atoms with van der Waals surface area (Å²) in [5.74, 6) is -0.898. The smallest absolute Gasteiger partial charge is 0.269 e. The predicted molar refractivity (Wildman–Crippen MR) is 131 cm³/mol. The van der Waals surface area contributed by atoms with Crippen LogP contribution in [0, 0.1) is 6.92 Å². The third-order valence-electron chi connectivity index (χ3n) is 5.56. The lowest BCUT2D eigenvalue weighted by molar-refractivity contribution is -0.120. The van der Waals surface area contributed by atoms with Crippen LogP contribution in [-0.4, -0.2) is 33.3 Å². The van der Waals surface area contributed by atoms with Gasteiger partial charge in [-0.2, -0.15) is 0 Å². The summed E-state index contributed by atoms with van der Waals surface area (Å²) in [4.78, 5) is 27.1. The molecular formula is C25H26N4O4S. The van der Waals surface area contributed by atoms with Gasteiger partial charge >= 0.3 is 0 Å². The Labute approximate surface area is 199 Å². The fourth-order valence-electron chi connectivity index (χ4n) is 3.84. The molecule has 0 fully saturated rings. The molecule has 34 heavy (non-hydrogen) atoms. The maximum absolute atomic E-state index is 12.6. The van der Waals surface area contributed by atoms with Crippen LogP contribution in [0.4, 0.5) is 11.4 Å². The molecule has 0 saturated carbocycles. The Morgan fingerprint density at radius 1 is 0.941 bits per heavy atom. The van der Waals surface area contributed by atoms with Gasteiger partial charge in [-0.15, -0.1) is 0 Å². The molecule has 2 amide bonds. The van der Waals surface area contributed by atoms with E-state index in [-0.39, 0.29) is 28.6 Å². The van der Waals surface area contributed by atoms with E-state index in [9.17, 15) is 18.0 Å². The number of para-hydroxylation sites is 1. The molecule has 0 aliphatic carbocycles. The third kappa shape index (κ3) is 5.55. The van der Waals surface area contributed by atoms with Gasteiger partial charge in [0.1, 0.15) is 0 Å². The molecule has 1 aliphatic rings. The minimum absolute atomic E-state index is 0.119. The van der Waals surface area contributed by atoms with Crippen molar-refractivity contribution in [2.24, 2.45) is 0 Å². The molecule has 1 heterocycles. The van der Waals surface area contributed by atoms with Gasteiger partial charge in [0, 0.05) is 23.5 Å². The molecule has 0 atom stereocenters. The molecule has 0 saturated heterocycles. The highest BCUT2D eigenvalue weighted by atomic mass is 32.2. The zero-order chi connectivity index (χ0) is 24.1. The average Bonchev–Trinajstić information content (AvgIpc) is 2.83. The first-order valence-corrected chi connectivity index (χ1v) is 12.4.